The largest absolute Gasteiger partial charge is 0.481 e. The Morgan fingerprint density at radius 2 is 2.07 bits per heavy atom. The van der Waals surface area contributed by atoms with E-state index in [0.29, 0.717) is 12.5 Å². The molecular weight excluding hydrogens is 200 g/mol. The van der Waals surface area contributed by atoms with E-state index in [1.807, 2.05) is 6.92 Å². The second-order valence-corrected chi connectivity index (χ2v) is 5.29. The number of hydrogen-bond acceptors (Lipinski definition) is 3. The molecule has 14 heavy (non-hydrogen) atoms. The lowest BCUT2D eigenvalue weighted by atomic mass is 10.2. The van der Waals surface area contributed by atoms with Crippen LogP contribution in [0, 0.1) is 5.92 Å². The number of thioether (sulfide) groups is 1. The molecule has 0 fully saturated rings. The van der Waals surface area contributed by atoms with Crippen molar-refractivity contribution in [2.75, 3.05) is 19.0 Å². The molecule has 1 N–H and O–H groups in total. The van der Waals surface area contributed by atoms with Crippen LogP contribution in [0.3, 0.4) is 0 Å². The molecular formula is C10H20O3S. The Labute approximate surface area is 90.2 Å². The third-order valence-electron chi connectivity index (χ3n) is 1.54. The average molecular weight is 220 g/mol. The lowest BCUT2D eigenvalue weighted by molar-refractivity contribution is -0.136. The molecule has 0 saturated heterocycles. The quantitative estimate of drug-likeness (QED) is 0.637. The first-order chi connectivity index (χ1) is 6.52. The number of carbonyl (C=O) groups is 1. The monoisotopic (exact) mass is 220 g/mol. The van der Waals surface area contributed by atoms with Crippen molar-refractivity contribution in [1.29, 1.82) is 0 Å². The van der Waals surface area contributed by atoms with Gasteiger partial charge in [0.1, 0.15) is 0 Å². The van der Waals surface area contributed by atoms with Crippen LogP contribution in [0.15, 0.2) is 0 Å². The summed E-state index contributed by atoms with van der Waals surface area (Å²) in [5, 5.41) is 8.69. The van der Waals surface area contributed by atoms with Gasteiger partial charge >= 0.3 is 5.97 Å². The van der Waals surface area contributed by atoms with E-state index in [1.165, 1.54) is 0 Å². The SMILES string of the molecule is CC(C)COCCSC(C)CC(=O)O. The van der Waals surface area contributed by atoms with Crippen molar-refractivity contribution < 1.29 is 14.6 Å². The molecule has 0 bridgehead atoms. The van der Waals surface area contributed by atoms with Crippen LogP contribution in [0.4, 0.5) is 0 Å². The smallest absolute Gasteiger partial charge is 0.304 e. The van der Waals surface area contributed by atoms with Crippen LogP contribution >= 0.6 is 11.8 Å². The van der Waals surface area contributed by atoms with E-state index in [9.17, 15) is 4.79 Å². The Morgan fingerprint density at radius 3 is 2.57 bits per heavy atom. The Kier molecular flexibility index (Phi) is 7.99. The normalized spacial score (nSPS) is 13.1. The summed E-state index contributed by atoms with van der Waals surface area (Å²) in [5.41, 5.74) is 0. The Hall–Kier alpha value is -0.220. The minimum Gasteiger partial charge on any atom is -0.481 e. The molecule has 0 rings (SSSR count). The molecule has 0 saturated carbocycles. The topological polar surface area (TPSA) is 46.5 Å². The minimum atomic E-state index is -0.729. The van der Waals surface area contributed by atoms with Crippen LogP contribution in [-0.2, 0) is 9.53 Å². The summed E-state index contributed by atoms with van der Waals surface area (Å²) in [5.74, 6) is 0.714. The maximum atomic E-state index is 10.3. The molecule has 84 valence electrons. The zero-order valence-corrected chi connectivity index (χ0v) is 9.97. The molecule has 0 aromatic carbocycles. The second-order valence-electron chi connectivity index (χ2n) is 3.75. The van der Waals surface area contributed by atoms with Crippen molar-refractivity contribution in [3.63, 3.8) is 0 Å². The van der Waals surface area contributed by atoms with Crippen molar-refractivity contribution in [3.8, 4) is 0 Å². The van der Waals surface area contributed by atoms with E-state index in [2.05, 4.69) is 13.8 Å². The molecule has 1 atom stereocenters. The lowest BCUT2D eigenvalue weighted by Gasteiger charge is -2.09. The van der Waals surface area contributed by atoms with Crippen molar-refractivity contribution in [3.05, 3.63) is 0 Å². The van der Waals surface area contributed by atoms with Crippen LogP contribution in [0.25, 0.3) is 0 Å². The van der Waals surface area contributed by atoms with Crippen LogP contribution in [-0.4, -0.2) is 35.3 Å². The van der Waals surface area contributed by atoms with Gasteiger partial charge in [-0.05, 0) is 5.92 Å². The summed E-state index contributed by atoms with van der Waals surface area (Å²) in [4.78, 5) is 10.3. The summed E-state index contributed by atoms with van der Waals surface area (Å²) in [6.07, 6.45) is 0.231. The highest BCUT2D eigenvalue weighted by atomic mass is 32.2. The van der Waals surface area contributed by atoms with Gasteiger partial charge in [0, 0.05) is 17.6 Å². The third-order valence-corrected chi connectivity index (χ3v) is 2.68. The van der Waals surface area contributed by atoms with E-state index >= 15 is 0 Å². The number of carboxylic acids is 1. The highest BCUT2D eigenvalue weighted by molar-refractivity contribution is 7.99. The van der Waals surface area contributed by atoms with Gasteiger partial charge in [-0.2, -0.15) is 11.8 Å². The highest BCUT2D eigenvalue weighted by Gasteiger charge is 2.07. The maximum absolute atomic E-state index is 10.3. The standard InChI is InChI=1S/C10H20O3S/c1-8(2)7-13-4-5-14-9(3)6-10(11)12/h8-9H,4-7H2,1-3H3,(H,11,12). The highest BCUT2D eigenvalue weighted by Crippen LogP contribution is 2.13. The first-order valence-corrected chi connectivity index (χ1v) is 5.98. The first-order valence-electron chi connectivity index (χ1n) is 4.93. The number of rotatable bonds is 8. The number of carboxylic acid groups (broad SMARTS) is 1. The van der Waals surface area contributed by atoms with Gasteiger partial charge in [-0.1, -0.05) is 20.8 Å². The van der Waals surface area contributed by atoms with Crippen LogP contribution < -0.4 is 0 Å². The second kappa shape index (κ2) is 8.12. The van der Waals surface area contributed by atoms with Crippen LogP contribution in [0.1, 0.15) is 27.2 Å². The lowest BCUT2D eigenvalue weighted by Crippen LogP contribution is -2.09. The summed E-state index contributed by atoms with van der Waals surface area (Å²) in [6.45, 7) is 7.66. The fraction of sp³-hybridized carbons (Fsp3) is 0.900. The molecule has 4 heteroatoms. The predicted molar refractivity (Wildman–Crippen MR) is 59.8 cm³/mol. The fourth-order valence-electron chi connectivity index (χ4n) is 0.932. The fourth-order valence-corrected chi connectivity index (χ4v) is 1.81. The van der Waals surface area contributed by atoms with E-state index in [-0.39, 0.29) is 11.7 Å². The number of aliphatic carboxylic acids is 1. The first kappa shape index (κ1) is 13.8. The van der Waals surface area contributed by atoms with Gasteiger partial charge in [-0.15, -0.1) is 0 Å². The molecule has 0 aliphatic carbocycles. The molecule has 0 spiro atoms. The Balaban J connectivity index is 3.23. The van der Waals surface area contributed by atoms with Crippen molar-refractivity contribution in [2.24, 2.45) is 5.92 Å². The van der Waals surface area contributed by atoms with Gasteiger partial charge in [0.05, 0.1) is 13.0 Å². The Bertz CT molecular complexity index is 159. The van der Waals surface area contributed by atoms with E-state index in [4.69, 9.17) is 9.84 Å². The van der Waals surface area contributed by atoms with E-state index < -0.39 is 5.97 Å². The van der Waals surface area contributed by atoms with Crippen molar-refractivity contribution in [1.82, 2.24) is 0 Å². The maximum Gasteiger partial charge on any atom is 0.304 e. The minimum absolute atomic E-state index is 0.176. The van der Waals surface area contributed by atoms with Gasteiger partial charge in [0.15, 0.2) is 0 Å². The summed E-state index contributed by atoms with van der Waals surface area (Å²) < 4.78 is 5.38. The van der Waals surface area contributed by atoms with Gasteiger partial charge in [0.25, 0.3) is 0 Å². The van der Waals surface area contributed by atoms with Crippen LogP contribution in [0.5, 0.6) is 0 Å². The molecule has 0 heterocycles. The zero-order valence-electron chi connectivity index (χ0n) is 9.16. The van der Waals surface area contributed by atoms with Crippen molar-refractivity contribution >= 4 is 17.7 Å². The third kappa shape index (κ3) is 9.86. The molecule has 0 aliphatic rings. The Morgan fingerprint density at radius 1 is 1.43 bits per heavy atom. The molecule has 0 amide bonds. The number of hydrogen-bond donors (Lipinski definition) is 1. The average Bonchev–Trinajstić information content (AvgIpc) is 2.01. The van der Waals surface area contributed by atoms with Gasteiger partial charge in [-0.3, -0.25) is 4.79 Å². The molecule has 0 aromatic heterocycles. The number of ether oxygens (including phenoxy) is 1. The van der Waals surface area contributed by atoms with Gasteiger partial charge < -0.3 is 9.84 Å². The molecule has 0 radical (unpaired) electrons. The molecule has 1 unspecified atom stereocenters. The van der Waals surface area contributed by atoms with Gasteiger partial charge in [-0.25, -0.2) is 0 Å². The molecule has 3 nitrogen and oxygen atoms in total. The summed E-state index contributed by atoms with van der Waals surface area (Å²) >= 11 is 1.65. The zero-order chi connectivity index (χ0) is 11.0. The van der Waals surface area contributed by atoms with E-state index in [1.54, 1.807) is 11.8 Å². The summed E-state index contributed by atoms with van der Waals surface area (Å²) in [7, 11) is 0. The van der Waals surface area contributed by atoms with Gasteiger partial charge in [0.2, 0.25) is 0 Å². The molecule has 0 aromatic rings. The van der Waals surface area contributed by atoms with E-state index in [0.717, 1.165) is 12.4 Å². The van der Waals surface area contributed by atoms with Crippen LogP contribution in [0.2, 0.25) is 0 Å². The predicted octanol–water partition coefficient (Wildman–Crippen LogP) is 2.26. The summed E-state index contributed by atoms with van der Waals surface area (Å²) in [6, 6.07) is 0. The molecule has 0 aliphatic heterocycles. The van der Waals surface area contributed by atoms with Crippen molar-refractivity contribution in [2.45, 2.75) is 32.4 Å².